The van der Waals surface area contributed by atoms with Gasteiger partial charge in [0.15, 0.2) is 5.65 Å². The number of aromatic nitrogens is 4. The maximum absolute atomic E-state index is 4.65. The van der Waals surface area contributed by atoms with E-state index >= 15 is 0 Å². The highest BCUT2D eigenvalue weighted by Gasteiger charge is 2.16. The van der Waals surface area contributed by atoms with Crippen molar-refractivity contribution < 1.29 is 0 Å². The molecule has 2 aromatic rings. The largest absolute Gasteiger partial charge is 0.370 e. The Balaban J connectivity index is 1.96. The molecule has 1 aliphatic heterocycles. The lowest BCUT2D eigenvalue weighted by molar-refractivity contribution is 0.323. The number of likely N-dealkylation sites (tertiary alicyclic amines) is 1. The van der Waals surface area contributed by atoms with Crippen LogP contribution in [-0.4, -0.2) is 44.3 Å². The van der Waals surface area contributed by atoms with Crippen molar-refractivity contribution in [3.63, 3.8) is 0 Å². The fourth-order valence-corrected chi connectivity index (χ4v) is 2.58. The van der Waals surface area contributed by atoms with Crippen molar-refractivity contribution >= 4 is 16.9 Å². The smallest absolute Gasteiger partial charge is 0.163 e. The highest BCUT2D eigenvalue weighted by molar-refractivity contribution is 5.86. The minimum atomic E-state index is 0.833. The van der Waals surface area contributed by atoms with Crippen LogP contribution < -0.4 is 5.32 Å². The van der Waals surface area contributed by atoms with Crippen molar-refractivity contribution in [1.82, 2.24) is 24.6 Å². The topological polar surface area (TPSA) is 58.9 Å². The number of anilines is 1. The molecule has 0 unspecified atom stereocenters. The van der Waals surface area contributed by atoms with E-state index in [9.17, 15) is 0 Å². The molecule has 1 saturated heterocycles. The van der Waals surface area contributed by atoms with E-state index in [-0.39, 0.29) is 0 Å². The second kappa shape index (κ2) is 5.13. The predicted molar refractivity (Wildman–Crippen MR) is 75.0 cm³/mol. The molecular formula is C13H20N6. The normalized spacial score (nSPS) is 16.3. The Bertz CT molecular complexity index is 570. The van der Waals surface area contributed by atoms with Gasteiger partial charge in [-0.05, 0) is 32.9 Å². The van der Waals surface area contributed by atoms with Crippen LogP contribution in [0.1, 0.15) is 25.6 Å². The number of fused-ring (bicyclic) bond motifs is 1. The number of hydrogen-bond donors (Lipinski definition) is 1. The third kappa shape index (κ3) is 2.40. The number of aryl methyl sites for hydroxylation is 1. The van der Waals surface area contributed by atoms with Gasteiger partial charge in [-0.25, -0.2) is 9.97 Å². The first-order chi connectivity index (χ1) is 9.28. The lowest BCUT2D eigenvalue weighted by atomic mass is 10.3. The second-order valence-corrected chi connectivity index (χ2v) is 5.01. The van der Waals surface area contributed by atoms with Crippen molar-refractivity contribution in [3.8, 4) is 0 Å². The van der Waals surface area contributed by atoms with Crippen LogP contribution in [0.3, 0.4) is 0 Å². The monoisotopic (exact) mass is 260 g/mol. The van der Waals surface area contributed by atoms with Crippen LogP contribution in [0, 0.1) is 0 Å². The summed E-state index contributed by atoms with van der Waals surface area (Å²) in [7, 11) is 1.92. The Morgan fingerprint density at radius 2 is 2.05 bits per heavy atom. The van der Waals surface area contributed by atoms with Crippen molar-refractivity contribution in [1.29, 1.82) is 0 Å². The van der Waals surface area contributed by atoms with Gasteiger partial charge in [-0.3, -0.25) is 9.58 Å². The van der Waals surface area contributed by atoms with Gasteiger partial charge in [0.2, 0.25) is 0 Å². The number of nitrogens with one attached hydrogen (secondary N) is 1. The van der Waals surface area contributed by atoms with Crippen LogP contribution in [0.25, 0.3) is 11.0 Å². The molecule has 102 valence electrons. The Labute approximate surface area is 112 Å². The third-order valence-electron chi connectivity index (χ3n) is 3.55. The highest BCUT2D eigenvalue weighted by atomic mass is 15.3. The molecule has 3 heterocycles. The van der Waals surface area contributed by atoms with Gasteiger partial charge in [0.05, 0.1) is 18.1 Å². The van der Waals surface area contributed by atoms with E-state index in [0.717, 1.165) is 48.9 Å². The molecule has 2 aromatic heterocycles. The Morgan fingerprint density at radius 1 is 1.26 bits per heavy atom. The molecule has 19 heavy (non-hydrogen) atoms. The van der Waals surface area contributed by atoms with Gasteiger partial charge in [-0.2, -0.15) is 5.10 Å². The molecule has 1 fully saturated rings. The number of nitrogens with zero attached hydrogens (tertiary/aromatic N) is 5. The van der Waals surface area contributed by atoms with Crippen LogP contribution in [0.5, 0.6) is 0 Å². The van der Waals surface area contributed by atoms with E-state index in [4.69, 9.17) is 0 Å². The zero-order valence-electron chi connectivity index (χ0n) is 11.6. The molecule has 0 amide bonds. The zero-order valence-corrected chi connectivity index (χ0v) is 11.6. The van der Waals surface area contributed by atoms with E-state index in [0.29, 0.717) is 0 Å². The van der Waals surface area contributed by atoms with Gasteiger partial charge in [0.1, 0.15) is 11.6 Å². The SMILES string of the molecule is CCNc1nc(CN2CCCC2)nc2c1cnn2C. The molecule has 0 saturated carbocycles. The quantitative estimate of drug-likeness (QED) is 0.900. The summed E-state index contributed by atoms with van der Waals surface area (Å²) in [5.41, 5.74) is 0.903. The molecule has 6 nitrogen and oxygen atoms in total. The minimum absolute atomic E-state index is 0.833. The van der Waals surface area contributed by atoms with Crippen molar-refractivity contribution in [3.05, 3.63) is 12.0 Å². The summed E-state index contributed by atoms with van der Waals surface area (Å²) in [6.45, 7) is 6.07. The van der Waals surface area contributed by atoms with Gasteiger partial charge in [0, 0.05) is 13.6 Å². The predicted octanol–water partition coefficient (Wildman–Crippen LogP) is 1.39. The first-order valence-corrected chi connectivity index (χ1v) is 6.93. The van der Waals surface area contributed by atoms with E-state index in [1.54, 1.807) is 0 Å². The Morgan fingerprint density at radius 3 is 2.79 bits per heavy atom. The van der Waals surface area contributed by atoms with E-state index in [2.05, 4.69) is 32.2 Å². The second-order valence-electron chi connectivity index (χ2n) is 5.01. The van der Waals surface area contributed by atoms with Crippen LogP contribution in [0.15, 0.2) is 6.20 Å². The van der Waals surface area contributed by atoms with Gasteiger partial charge in [-0.1, -0.05) is 0 Å². The Kier molecular flexibility index (Phi) is 3.33. The maximum atomic E-state index is 4.65. The van der Waals surface area contributed by atoms with Crippen LogP contribution in [0.2, 0.25) is 0 Å². The average Bonchev–Trinajstić information content (AvgIpc) is 3.01. The summed E-state index contributed by atoms with van der Waals surface area (Å²) < 4.78 is 1.81. The summed E-state index contributed by atoms with van der Waals surface area (Å²) in [5, 5.41) is 8.57. The number of hydrogen-bond acceptors (Lipinski definition) is 5. The molecule has 0 aliphatic carbocycles. The number of rotatable bonds is 4. The molecule has 0 atom stereocenters. The third-order valence-corrected chi connectivity index (χ3v) is 3.55. The molecule has 1 N–H and O–H groups in total. The van der Waals surface area contributed by atoms with Crippen LogP contribution in [0.4, 0.5) is 5.82 Å². The molecule has 0 aromatic carbocycles. The maximum Gasteiger partial charge on any atom is 0.163 e. The zero-order chi connectivity index (χ0) is 13.2. The summed E-state index contributed by atoms with van der Waals surface area (Å²) in [5.74, 6) is 1.78. The van der Waals surface area contributed by atoms with Gasteiger partial charge < -0.3 is 5.32 Å². The first kappa shape index (κ1) is 12.3. The lowest BCUT2D eigenvalue weighted by Gasteiger charge is -2.14. The summed E-state index contributed by atoms with van der Waals surface area (Å²) >= 11 is 0. The highest BCUT2D eigenvalue weighted by Crippen LogP contribution is 2.20. The van der Waals surface area contributed by atoms with E-state index in [1.165, 1.54) is 12.8 Å². The van der Waals surface area contributed by atoms with Gasteiger partial charge in [-0.15, -0.1) is 0 Å². The van der Waals surface area contributed by atoms with Crippen molar-refractivity contribution in [2.24, 2.45) is 7.05 Å². The fraction of sp³-hybridized carbons (Fsp3) is 0.615. The average molecular weight is 260 g/mol. The Hall–Kier alpha value is -1.69. The summed E-state index contributed by atoms with van der Waals surface area (Å²) in [4.78, 5) is 11.7. The standard InChI is InChI=1S/C13H20N6/c1-3-14-12-10-8-15-18(2)13(10)17-11(16-12)9-19-6-4-5-7-19/h8H,3-7,9H2,1-2H3,(H,14,16,17). The molecule has 1 aliphatic rings. The van der Waals surface area contributed by atoms with Crippen LogP contribution >= 0.6 is 0 Å². The van der Waals surface area contributed by atoms with E-state index in [1.807, 2.05) is 17.9 Å². The summed E-state index contributed by atoms with van der Waals surface area (Å²) in [6.07, 6.45) is 4.40. The van der Waals surface area contributed by atoms with E-state index < -0.39 is 0 Å². The van der Waals surface area contributed by atoms with Gasteiger partial charge in [0.25, 0.3) is 0 Å². The molecule has 0 spiro atoms. The van der Waals surface area contributed by atoms with Crippen molar-refractivity contribution in [2.45, 2.75) is 26.3 Å². The lowest BCUT2D eigenvalue weighted by Crippen LogP contribution is -2.20. The molecule has 6 heteroatoms. The fourth-order valence-electron chi connectivity index (χ4n) is 2.58. The first-order valence-electron chi connectivity index (χ1n) is 6.93. The molecular weight excluding hydrogens is 240 g/mol. The minimum Gasteiger partial charge on any atom is -0.370 e. The van der Waals surface area contributed by atoms with Gasteiger partial charge >= 0.3 is 0 Å². The molecule has 3 rings (SSSR count). The van der Waals surface area contributed by atoms with Crippen molar-refractivity contribution in [2.75, 3.05) is 25.0 Å². The molecule has 0 radical (unpaired) electrons. The summed E-state index contributed by atoms with van der Waals surface area (Å²) in [6, 6.07) is 0. The van der Waals surface area contributed by atoms with Crippen LogP contribution in [-0.2, 0) is 13.6 Å². The molecule has 0 bridgehead atoms.